The van der Waals surface area contributed by atoms with E-state index in [1.54, 1.807) is 0 Å². The van der Waals surface area contributed by atoms with E-state index in [0.717, 1.165) is 43.9 Å². The molecule has 2 rings (SSSR count). The first-order valence-corrected chi connectivity index (χ1v) is 11.6. The molecule has 6 heteroatoms. The highest BCUT2D eigenvalue weighted by Gasteiger charge is 2.26. The van der Waals surface area contributed by atoms with E-state index in [9.17, 15) is 4.21 Å². The van der Waals surface area contributed by atoms with E-state index in [1.165, 1.54) is 5.56 Å². The van der Waals surface area contributed by atoms with E-state index in [2.05, 4.69) is 60.8 Å². The van der Waals surface area contributed by atoms with Gasteiger partial charge in [-0.3, -0.25) is 9.20 Å². The fourth-order valence-electron chi connectivity index (χ4n) is 3.68. The van der Waals surface area contributed by atoms with E-state index < -0.39 is 10.8 Å². The highest BCUT2D eigenvalue weighted by Crippen LogP contribution is 2.23. The predicted octanol–water partition coefficient (Wildman–Crippen LogP) is 2.92. The van der Waals surface area contributed by atoms with Crippen molar-refractivity contribution in [2.45, 2.75) is 56.9 Å². The van der Waals surface area contributed by atoms with Crippen molar-refractivity contribution in [2.24, 2.45) is 4.99 Å². The monoisotopic (exact) mass is 392 g/mol. The minimum Gasteiger partial charge on any atom is -0.357 e. The molecule has 1 saturated carbocycles. The first-order valence-electron chi connectivity index (χ1n) is 10.2. The summed E-state index contributed by atoms with van der Waals surface area (Å²) in [6.45, 7) is 5.64. The van der Waals surface area contributed by atoms with E-state index >= 15 is 0 Å². The zero-order chi connectivity index (χ0) is 19.6. The summed E-state index contributed by atoms with van der Waals surface area (Å²) in [5.41, 5.74) is 1.28. The second-order valence-electron chi connectivity index (χ2n) is 7.41. The third-order valence-electron chi connectivity index (χ3n) is 5.20. The lowest BCUT2D eigenvalue weighted by Crippen LogP contribution is -2.47. The Bertz CT molecular complexity index is 605. The van der Waals surface area contributed by atoms with E-state index in [-0.39, 0.29) is 6.04 Å². The molecule has 27 heavy (non-hydrogen) atoms. The summed E-state index contributed by atoms with van der Waals surface area (Å²) in [6, 6.07) is 11.1. The summed E-state index contributed by atoms with van der Waals surface area (Å²) in [4.78, 5) is 7.08. The third-order valence-corrected chi connectivity index (χ3v) is 6.94. The van der Waals surface area contributed by atoms with Crippen molar-refractivity contribution in [1.29, 1.82) is 0 Å². The standard InChI is InChI=1S/C21H36N4OS/c1-5-22-21(24-18-13-10-14-19(15-18)27(26)6-2)23-16-20(25(3)4)17-11-8-7-9-12-17/h7-9,11-12,18-20H,5-6,10,13-16H2,1-4H3,(H2,22,23,24). The summed E-state index contributed by atoms with van der Waals surface area (Å²) in [5.74, 6) is 1.63. The Balaban J connectivity index is 2.03. The van der Waals surface area contributed by atoms with Gasteiger partial charge in [-0.25, -0.2) is 0 Å². The number of nitrogens with zero attached hydrogens (tertiary/aromatic N) is 2. The van der Waals surface area contributed by atoms with Gasteiger partial charge in [0.2, 0.25) is 0 Å². The molecule has 1 aromatic rings. The van der Waals surface area contributed by atoms with Crippen LogP contribution in [0, 0.1) is 0 Å². The normalized spacial score (nSPS) is 23.1. The third kappa shape index (κ3) is 6.92. The summed E-state index contributed by atoms with van der Waals surface area (Å²) in [6.07, 6.45) is 4.32. The van der Waals surface area contributed by atoms with Crippen molar-refractivity contribution in [3.8, 4) is 0 Å². The minimum absolute atomic E-state index is 0.244. The Kier molecular flexibility index (Phi) is 9.28. The molecule has 5 nitrogen and oxygen atoms in total. The zero-order valence-electron chi connectivity index (χ0n) is 17.3. The van der Waals surface area contributed by atoms with Crippen LogP contribution in [0.2, 0.25) is 0 Å². The molecule has 0 aromatic heterocycles. The molecule has 1 aromatic carbocycles. The van der Waals surface area contributed by atoms with Crippen molar-refractivity contribution < 1.29 is 4.21 Å². The van der Waals surface area contributed by atoms with Gasteiger partial charge < -0.3 is 15.5 Å². The molecule has 2 N–H and O–H groups in total. The SMILES string of the molecule is CCNC(=NCC(c1ccccc1)N(C)C)NC1CCCC(S(=O)CC)C1. The quantitative estimate of drug-likeness (QED) is 0.528. The topological polar surface area (TPSA) is 56.7 Å². The van der Waals surface area contributed by atoms with Crippen LogP contribution in [-0.4, -0.2) is 59.3 Å². The number of benzene rings is 1. The molecule has 152 valence electrons. The average Bonchev–Trinajstić information content (AvgIpc) is 2.68. The number of likely N-dealkylation sites (N-methyl/N-ethyl adjacent to an activating group) is 1. The van der Waals surface area contributed by atoms with Crippen LogP contribution in [0.5, 0.6) is 0 Å². The molecule has 1 fully saturated rings. The van der Waals surface area contributed by atoms with Gasteiger partial charge in [0.25, 0.3) is 0 Å². The molecule has 4 atom stereocenters. The zero-order valence-corrected chi connectivity index (χ0v) is 18.1. The average molecular weight is 393 g/mol. The molecule has 0 heterocycles. The summed E-state index contributed by atoms with van der Waals surface area (Å²) >= 11 is 0. The van der Waals surface area contributed by atoms with Gasteiger partial charge in [0.1, 0.15) is 0 Å². The lowest BCUT2D eigenvalue weighted by Gasteiger charge is -2.30. The van der Waals surface area contributed by atoms with Crippen molar-refractivity contribution in [3.63, 3.8) is 0 Å². The van der Waals surface area contributed by atoms with Crippen LogP contribution in [0.3, 0.4) is 0 Å². The molecule has 0 amide bonds. The van der Waals surface area contributed by atoms with E-state index in [1.807, 2.05) is 13.0 Å². The number of hydrogen-bond acceptors (Lipinski definition) is 3. The van der Waals surface area contributed by atoms with Crippen molar-refractivity contribution in [2.75, 3.05) is 32.9 Å². The number of hydrogen-bond donors (Lipinski definition) is 2. The van der Waals surface area contributed by atoms with Gasteiger partial charge in [-0.05, 0) is 45.8 Å². The fourth-order valence-corrected chi connectivity index (χ4v) is 5.03. The Morgan fingerprint density at radius 3 is 2.63 bits per heavy atom. The number of aliphatic imine (C=N–C) groups is 1. The lowest BCUT2D eigenvalue weighted by molar-refractivity contribution is 0.306. The van der Waals surface area contributed by atoms with Crippen LogP contribution in [-0.2, 0) is 10.8 Å². The summed E-state index contributed by atoms with van der Waals surface area (Å²) in [7, 11) is 3.49. The first-order chi connectivity index (χ1) is 13.0. The molecular formula is C21H36N4OS. The second-order valence-corrected chi connectivity index (χ2v) is 9.41. The molecule has 4 unspecified atom stereocenters. The van der Waals surface area contributed by atoms with Crippen LogP contribution in [0.4, 0.5) is 0 Å². The van der Waals surface area contributed by atoms with Gasteiger partial charge in [0.05, 0.1) is 12.6 Å². The number of nitrogens with one attached hydrogen (secondary N) is 2. The van der Waals surface area contributed by atoms with Crippen molar-refractivity contribution in [1.82, 2.24) is 15.5 Å². The van der Waals surface area contributed by atoms with E-state index in [4.69, 9.17) is 4.99 Å². The maximum Gasteiger partial charge on any atom is 0.191 e. The van der Waals surface area contributed by atoms with Gasteiger partial charge >= 0.3 is 0 Å². The Labute approximate surface area is 167 Å². The predicted molar refractivity (Wildman–Crippen MR) is 117 cm³/mol. The lowest BCUT2D eigenvalue weighted by atomic mass is 9.95. The molecule has 0 saturated heterocycles. The van der Waals surface area contributed by atoms with Crippen LogP contribution < -0.4 is 10.6 Å². The Morgan fingerprint density at radius 1 is 1.26 bits per heavy atom. The highest BCUT2D eigenvalue weighted by molar-refractivity contribution is 7.85. The smallest absolute Gasteiger partial charge is 0.191 e. The van der Waals surface area contributed by atoms with E-state index in [0.29, 0.717) is 17.8 Å². The van der Waals surface area contributed by atoms with Crippen LogP contribution >= 0.6 is 0 Å². The molecular weight excluding hydrogens is 356 g/mol. The molecule has 0 radical (unpaired) electrons. The number of rotatable bonds is 8. The Hall–Kier alpha value is -1.40. The Morgan fingerprint density at radius 2 is 2.00 bits per heavy atom. The molecule has 0 spiro atoms. The molecule has 0 aliphatic heterocycles. The largest absolute Gasteiger partial charge is 0.357 e. The summed E-state index contributed by atoms with van der Waals surface area (Å²) < 4.78 is 12.2. The van der Waals surface area contributed by atoms with Gasteiger partial charge in [0, 0.05) is 34.4 Å². The van der Waals surface area contributed by atoms with Crippen molar-refractivity contribution in [3.05, 3.63) is 35.9 Å². The van der Waals surface area contributed by atoms with Gasteiger partial charge in [0.15, 0.2) is 5.96 Å². The van der Waals surface area contributed by atoms with Crippen LogP contribution in [0.15, 0.2) is 35.3 Å². The maximum atomic E-state index is 12.2. The van der Waals surface area contributed by atoms with Crippen molar-refractivity contribution >= 4 is 16.8 Å². The molecule has 0 bridgehead atoms. The second kappa shape index (κ2) is 11.4. The van der Waals surface area contributed by atoms with Gasteiger partial charge in [-0.2, -0.15) is 0 Å². The van der Waals surface area contributed by atoms with Gasteiger partial charge in [-0.1, -0.05) is 43.7 Å². The molecule has 1 aliphatic carbocycles. The summed E-state index contributed by atoms with van der Waals surface area (Å²) in [5, 5.41) is 7.30. The fraction of sp³-hybridized carbons (Fsp3) is 0.667. The maximum absolute atomic E-state index is 12.2. The first kappa shape index (κ1) is 21.9. The van der Waals surface area contributed by atoms with Crippen LogP contribution in [0.25, 0.3) is 0 Å². The highest BCUT2D eigenvalue weighted by atomic mass is 32.2. The van der Waals surface area contributed by atoms with Gasteiger partial charge in [-0.15, -0.1) is 0 Å². The van der Waals surface area contributed by atoms with Crippen LogP contribution in [0.1, 0.15) is 51.1 Å². The minimum atomic E-state index is -0.702. The molecule has 1 aliphatic rings. The number of guanidine groups is 1.